The van der Waals surface area contributed by atoms with Gasteiger partial charge < -0.3 is 29.7 Å². The average molecular weight is 651 g/mol. The number of hydrogen-bond acceptors (Lipinski definition) is 7. The van der Waals surface area contributed by atoms with Crippen molar-refractivity contribution in [2.75, 3.05) is 41.0 Å². The lowest BCUT2D eigenvalue weighted by Crippen LogP contribution is -2.47. The molecule has 1 amide bonds. The summed E-state index contributed by atoms with van der Waals surface area (Å²) in [5.41, 5.74) is 2.73. The zero-order chi connectivity index (χ0) is 34.4. The van der Waals surface area contributed by atoms with Crippen molar-refractivity contribution < 1.29 is 29.2 Å². The van der Waals surface area contributed by atoms with Gasteiger partial charge in [-0.3, -0.25) is 9.69 Å². The first-order valence-electron chi connectivity index (χ1n) is 17.1. The van der Waals surface area contributed by atoms with Crippen molar-refractivity contribution in [1.29, 1.82) is 0 Å². The first-order valence-corrected chi connectivity index (χ1v) is 17.1. The number of rotatable bonds is 15. The molecule has 8 nitrogen and oxygen atoms in total. The van der Waals surface area contributed by atoms with Crippen LogP contribution in [0.3, 0.4) is 0 Å². The second-order valence-electron chi connectivity index (χ2n) is 11.8. The molecule has 8 heteroatoms. The van der Waals surface area contributed by atoms with Gasteiger partial charge in [-0.25, -0.2) is 0 Å². The van der Waals surface area contributed by atoms with Crippen LogP contribution in [0.5, 0.6) is 23.0 Å². The van der Waals surface area contributed by atoms with Crippen molar-refractivity contribution in [2.24, 2.45) is 5.92 Å². The number of aryl methyl sites for hydroxylation is 2. The molecule has 0 saturated carbocycles. The second-order valence-corrected chi connectivity index (χ2v) is 11.8. The monoisotopic (exact) mass is 650 g/mol. The van der Waals surface area contributed by atoms with Gasteiger partial charge in [0.05, 0.1) is 33.4 Å². The Morgan fingerprint density at radius 1 is 0.872 bits per heavy atom. The number of benzene rings is 3. The van der Waals surface area contributed by atoms with E-state index in [1.54, 1.807) is 0 Å². The summed E-state index contributed by atoms with van der Waals surface area (Å²) < 4.78 is 15.0. The minimum atomic E-state index is -0.347. The first kappa shape index (κ1) is 39.4. The van der Waals surface area contributed by atoms with Gasteiger partial charge in [-0.1, -0.05) is 74.5 Å². The van der Waals surface area contributed by atoms with Gasteiger partial charge in [0.25, 0.3) is 0 Å². The van der Waals surface area contributed by atoms with Gasteiger partial charge >= 0.3 is 0 Å². The topological polar surface area (TPSA) is 100 Å². The summed E-state index contributed by atoms with van der Waals surface area (Å²) in [4.78, 5) is 15.3. The van der Waals surface area contributed by atoms with E-state index in [1.165, 1.54) is 44.6 Å². The van der Waals surface area contributed by atoms with Crippen LogP contribution in [-0.2, 0) is 17.6 Å². The number of aliphatic hydroxyl groups excluding tert-OH is 1. The number of phenolic OH excluding ortho intramolecular Hbond substituents is 1. The standard InChI is InChI=1S/C28H40N2O2.C9H12O4.C2H6/c1-23(31)21-30-20-10-17-26(22-30)28(32)29-27(18-8-15-24-11-4-2-5-12-24)19-9-16-25-13-6-3-7-14-25;1-11-7-4-6(10)5-8(12-2)9(7)13-3;1-2/h2-7,11-14,23,26-27,31H,8-10,15-22H2,1H3,(H,29,32);4-5,10H,1-3H3;1-2H3. The molecule has 1 heterocycles. The Morgan fingerprint density at radius 2 is 1.38 bits per heavy atom. The molecule has 0 aromatic heterocycles. The molecule has 3 aromatic carbocycles. The number of phenols is 1. The maximum Gasteiger partial charge on any atom is 0.224 e. The number of methoxy groups -OCH3 is 3. The maximum atomic E-state index is 13.1. The van der Waals surface area contributed by atoms with E-state index in [9.17, 15) is 15.0 Å². The SMILES string of the molecule is CC.CC(O)CN1CCCC(C(=O)NC(CCCc2ccccc2)CCCc2ccccc2)C1.COc1cc(O)cc(OC)c1OC. The van der Waals surface area contributed by atoms with E-state index in [1.807, 2.05) is 20.8 Å². The lowest BCUT2D eigenvalue weighted by atomic mass is 9.94. The fourth-order valence-electron chi connectivity index (χ4n) is 5.88. The molecule has 1 aliphatic heterocycles. The Labute approximate surface area is 283 Å². The van der Waals surface area contributed by atoms with Crippen LogP contribution in [0.25, 0.3) is 0 Å². The van der Waals surface area contributed by atoms with Gasteiger partial charge in [0.2, 0.25) is 11.7 Å². The van der Waals surface area contributed by atoms with E-state index in [0.717, 1.165) is 64.5 Å². The van der Waals surface area contributed by atoms with Crippen LogP contribution in [-0.4, -0.2) is 74.1 Å². The number of carbonyl (C=O) groups excluding carboxylic acids is 1. The maximum absolute atomic E-state index is 13.1. The minimum absolute atomic E-state index is 0.0354. The van der Waals surface area contributed by atoms with E-state index in [4.69, 9.17) is 14.2 Å². The molecule has 0 aliphatic carbocycles. The van der Waals surface area contributed by atoms with Crippen molar-refractivity contribution in [2.45, 2.75) is 84.3 Å². The van der Waals surface area contributed by atoms with Gasteiger partial charge in [0, 0.05) is 31.3 Å². The summed E-state index contributed by atoms with van der Waals surface area (Å²) >= 11 is 0. The van der Waals surface area contributed by atoms with Gasteiger partial charge in [0.15, 0.2) is 11.5 Å². The van der Waals surface area contributed by atoms with Crippen molar-refractivity contribution in [3.05, 3.63) is 83.9 Å². The zero-order valence-electron chi connectivity index (χ0n) is 29.4. The summed E-state index contributed by atoms with van der Waals surface area (Å²) in [5.74, 6) is 1.67. The Balaban J connectivity index is 0.000000427. The average Bonchev–Trinajstić information content (AvgIpc) is 3.09. The Hall–Kier alpha value is -3.75. The summed E-state index contributed by atoms with van der Waals surface area (Å²) in [6.45, 7) is 8.21. The van der Waals surface area contributed by atoms with Crippen LogP contribution < -0.4 is 19.5 Å². The van der Waals surface area contributed by atoms with Gasteiger partial charge in [0.1, 0.15) is 5.75 Å². The molecule has 3 aromatic rings. The largest absolute Gasteiger partial charge is 0.508 e. The fraction of sp³-hybridized carbons (Fsp3) is 0.513. The summed E-state index contributed by atoms with van der Waals surface area (Å²) in [5, 5.41) is 22.4. The molecule has 0 radical (unpaired) electrons. The number of amides is 1. The summed E-state index contributed by atoms with van der Waals surface area (Å²) in [6.07, 6.45) is 7.92. The van der Waals surface area contributed by atoms with E-state index in [-0.39, 0.29) is 29.7 Å². The Kier molecular flexibility index (Phi) is 19.1. The molecule has 1 aliphatic rings. The molecule has 0 bridgehead atoms. The first-order chi connectivity index (χ1) is 22.8. The Bertz CT molecular complexity index is 1180. The predicted octanol–water partition coefficient (Wildman–Crippen LogP) is 7.05. The molecule has 0 spiro atoms. The third-order valence-corrected chi connectivity index (χ3v) is 8.12. The lowest BCUT2D eigenvalue weighted by molar-refractivity contribution is -0.127. The van der Waals surface area contributed by atoms with E-state index in [0.29, 0.717) is 23.8 Å². The van der Waals surface area contributed by atoms with Gasteiger partial charge in [-0.2, -0.15) is 0 Å². The number of nitrogens with zero attached hydrogens (tertiary/aromatic N) is 1. The van der Waals surface area contributed by atoms with Crippen molar-refractivity contribution in [1.82, 2.24) is 10.2 Å². The van der Waals surface area contributed by atoms with Gasteiger partial charge in [-0.05, 0) is 76.0 Å². The number of likely N-dealkylation sites (tertiary alicyclic amines) is 1. The number of piperidine rings is 1. The smallest absolute Gasteiger partial charge is 0.224 e. The normalized spacial score (nSPS) is 14.9. The van der Waals surface area contributed by atoms with Crippen molar-refractivity contribution >= 4 is 5.91 Å². The molecule has 2 atom stereocenters. The molecule has 260 valence electrons. The predicted molar refractivity (Wildman–Crippen MR) is 191 cm³/mol. The Morgan fingerprint density at radius 3 is 1.83 bits per heavy atom. The number of aromatic hydroxyl groups is 1. The quantitative estimate of drug-likeness (QED) is 0.162. The number of hydrogen-bond donors (Lipinski definition) is 3. The molecule has 1 saturated heterocycles. The molecular weight excluding hydrogens is 592 g/mol. The highest BCUT2D eigenvalue weighted by Crippen LogP contribution is 2.40. The summed E-state index contributed by atoms with van der Waals surface area (Å²) in [7, 11) is 4.50. The van der Waals surface area contributed by atoms with Crippen molar-refractivity contribution in [3.8, 4) is 23.0 Å². The molecule has 2 unspecified atom stereocenters. The molecule has 3 N–H and O–H groups in total. The number of β-amino-alcohol motifs (C(OH)–C–C–N with tert-alkyl or cyclic N) is 1. The molecule has 4 rings (SSSR count). The third-order valence-electron chi connectivity index (χ3n) is 8.12. The number of aliphatic hydroxyl groups is 1. The highest BCUT2D eigenvalue weighted by atomic mass is 16.5. The van der Waals surface area contributed by atoms with Crippen LogP contribution in [0.2, 0.25) is 0 Å². The molecular formula is C39H58N2O6. The molecule has 1 fully saturated rings. The zero-order valence-corrected chi connectivity index (χ0v) is 29.4. The van der Waals surface area contributed by atoms with Crippen molar-refractivity contribution in [3.63, 3.8) is 0 Å². The van der Waals surface area contributed by atoms with Crippen LogP contribution in [0, 0.1) is 5.92 Å². The minimum Gasteiger partial charge on any atom is -0.508 e. The van der Waals surface area contributed by atoms with Crippen LogP contribution in [0.1, 0.15) is 70.4 Å². The van der Waals surface area contributed by atoms with Crippen LogP contribution in [0.4, 0.5) is 0 Å². The molecule has 47 heavy (non-hydrogen) atoms. The summed E-state index contributed by atoms with van der Waals surface area (Å²) in [6, 6.07) is 24.4. The van der Waals surface area contributed by atoms with Crippen LogP contribution in [0.15, 0.2) is 72.8 Å². The number of ether oxygens (including phenoxy) is 3. The van der Waals surface area contributed by atoms with E-state index < -0.39 is 0 Å². The second kappa shape index (κ2) is 22.7. The third kappa shape index (κ3) is 14.7. The van der Waals surface area contributed by atoms with E-state index >= 15 is 0 Å². The van der Waals surface area contributed by atoms with Gasteiger partial charge in [-0.15, -0.1) is 0 Å². The van der Waals surface area contributed by atoms with Crippen LogP contribution >= 0.6 is 0 Å². The number of nitrogens with one attached hydrogen (secondary N) is 1. The van der Waals surface area contributed by atoms with E-state index in [2.05, 4.69) is 70.9 Å². The lowest BCUT2D eigenvalue weighted by Gasteiger charge is -2.33. The fourth-order valence-corrected chi connectivity index (χ4v) is 5.88. The number of carbonyl (C=O) groups is 1. The highest BCUT2D eigenvalue weighted by Gasteiger charge is 2.27. The highest BCUT2D eigenvalue weighted by molar-refractivity contribution is 5.79.